The predicted octanol–water partition coefficient (Wildman–Crippen LogP) is 2.88. The molecule has 0 bridgehead atoms. The smallest absolute Gasteiger partial charge is 0.115 e. The molecule has 0 unspecified atom stereocenters. The van der Waals surface area contributed by atoms with Crippen molar-refractivity contribution >= 4 is 0 Å². The van der Waals surface area contributed by atoms with Crippen LogP contribution in [-0.2, 0) is 4.74 Å². The summed E-state index contributed by atoms with van der Waals surface area (Å²) in [6.07, 6.45) is 4.45. The number of fused-ring (bicyclic) bond motifs is 5. The van der Waals surface area contributed by atoms with E-state index in [2.05, 4.69) is 13.0 Å². The van der Waals surface area contributed by atoms with Gasteiger partial charge in [0.15, 0.2) is 0 Å². The SMILES string of the molecule is COC[C@H]1C[C@@H]2[C@H](CC[C@]3(C)[C@@H](O)CC[C@@]23N)c2ccc(O)cc21. The van der Waals surface area contributed by atoms with Gasteiger partial charge in [-0.05, 0) is 67.2 Å². The molecule has 4 nitrogen and oxygen atoms in total. The highest BCUT2D eigenvalue weighted by Gasteiger charge is 2.63. The zero-order chi connectivity index (χ0) is 17.1. The van der Waals surface area contributed by atoms with Crippen LogP contribution in [0.5, 0.6) is 5.75 Å². The molecule has 0 saturated heterocycles. The summed E-state index contributed by atoms with van der Waals surface area (Å²) in [6.45, 7) is 2.84. The predicted molar refractivity (Wildman–Crippen MR) is 93.1 cm³/mol. The Hall–Kier alpha value is -1.10. The molecular weight excluding hydrogens is 302 g/mol. The Kier molecular flexibility index (Phi) is 3.72. The van der Waals surface area contributed by atoms with Crippen molar-refractivity contribution in [3.8, 4) is 5.75 Å². The van der Waals surface area contributed by atoms with E-state index in [4.69, 9.17) is 10.5 Å². The van der Waals surface area contributed by atoms with Gasteiger partial charge in [-0.1, -0.05) is 13.0 Å². The third-order valence-electron chi connectivity index (χ3n) is 7.57. The lowest BCUT2D eigenvalue weighted by molar-refractivity contribution is -0.0450. The molecule has 0 aromatic heterocycles. The summed E-state index contributed by atoms with van der Waals surface area (Å²) in [6, 6.07) is 5.79. The molecule has 3 aliphatic carbocycles. The monoisotopic (exact) mass is 331 g/mol. The summed E-state index contributed by atoms with van der Waals surface area (Å²) >= 11 is 0. The van der Waals surface area contributed by atoms with Gasteiger partial charge in [-0.3, -0.25) is 0 Å². The van der Waals surface area contributed by atoms with E-state index in [9.17, 15) is 10.2 Å². The molecule has 4 heteroatoms. The Morgan fingerprint density at radius 3 is 2.79 bits per heavy atom. The molecule has 0 radical (unpaired) electrons. The molecule has 132 valence electrons. The number of methoxy groups -OCH3 is 1. The maximum Gasteiger partial charge on any atom is 0.115 e. The van der Waals surface area contributed by atoms with Gasteiger partial charge in [0.05, 0.1) is 12.7 Å². The number of ether oxygens (including phenoxy) is 1. The van der Waals surface area contributed by atoms with Crippen LogP contribution in [0.15, 0.2) is 18.2 Å². The van der Waals surface area contributed by atoms with Gasteiger partial charge in [-0.25, -0.2) is 0 Å². The van der Waals surface area contributed by atoms with Crippen molar-refractivity contribution in [2.45, 2.75) is 62.5 Å². The minimum atomic E-state index is -0.309. The van der Waals surface area contributed by atoms with E-state index in [0.717, 1.165) is 32.1 Å². The van der Waals surface area contributed by atoms with E-state index >= 15 is 0 Å². The van der Waals surface area contributed by atoms with E-state index in [0.29, 0.717) is 24.2 Å². The average molecular weight is 331 g/mol. The van der Waals surface area contributed by atoms with Crippen LogP contribution >= 0.6 is 0 Å². The maximum absolute atomic E-state index is 10.6. The van der Waals surface area contributed by atoms with Crippen molar-refractivity contribution in [1.82, 2.24) is 0 Å². The fourth-order valence-corrected chi connectivity index (χ4v) is 6.11. The van der Waals surface area contributed by atoms with Crippen LogP contribution in [0.25, 0.3) is 0 Å². The molecule has 4 rings (SSSR count). The Bertz CT molecular complexity index is 648. The quantitative estimate of drug-likeness (QED) is 0.779. The van der Waals surface area contributed by atoms with E-state index in [1.54, 1.807) is 13.2 Å². The van der Waals surface area contributed by atoms with Crippen molar-refractivity contribution in [1.29, 1.82) is 0 Å². The molecule has 0 heterocycles. The highest BCUT2D eigenvalue weighted by Crippen LogP contribution is 2.63. The second kappa shape index (κ2) is 5.45. The molecule has 2 fully saturated rings. The molecule has 24 heavy (non-hydrogen) atoms. The number of nitrogens with two attached hydrogens (primary N) is 1. The minimum absolute atomic E-state index is 0.180. The molecule has 0 aliphatic heterocycles. The van der Waals surface area contributed by atoms with Gasteiger partial charge in [0.1, 0.15) is 5.75 Å². The van der Waals surface area contributed by atoms with E-state index in [-0.39, 0.29) is 23.0 Å². The number of hydrogen-bond donors (Lipinski definition) is 3. The van der Waals surface area contributed by atoms with Gasteiger partial charge in [-0.15, -0.1) is 0 Å². The van der Waals surface area contributed by atoms with E-state index in [1.807, 2.05) is 6.07 Å². The molecule has 1 aromatic rings. The fraction of sp³-hybridized carbons (Fsp3) is 0.700. The summed E-state index contributed by atoms with van der Waals surface area (Å²) in [5, 5.41) is 20.6. The second-order valence-corrected chi connectivity index (χ2v) is 8.47. The van der Waals surface area contributed by atoms with Gasteiger partial charge >= 0.3 is 0 Å². The van der Waals surface area contributed by atoms with Crippen LogP contribution in [-0.4, -0.2) is 35.6 Å². The van der Waals surface area contributed by atoms with Gasteiger partial charge in [0, 0.05) is 24.0 Å². The molecular formula is C20H29NO3. The van der Waals surface area contributed by atoms with Crippen LogP contribution in [0, 0.1) is 11.3 Å². The Labute approximate surface area is 144 Å². The summed E-state index contributed by atoms with van der Waals surface area (Å²) in [7, 11) is 1.73. The number of phenols is 1. The zero-order valence-electron chi connectivity index (χ0n) is 14.7. The normalized spacial score (nSPS) is 43.8. The van der Waals surface area contributed by atoms with Gasteiger partial charge in [-0.2, -0.15) is 0 Å². The first kappa shape index (κ1) is 16.4. The highest BCUT2D eigenvalue weighted by molar-refractivity contribution is 5.43. The molecule has 0 amide bonds. The maximum atomic E-state index is 10.6. The summed E-state index contributed by atoms with van der Waals surface area (Å²) in [5.74, 6) is 1.38. The lowest BCUT2D eigenvalue weighted by atomic mass is 9.50. The van der Waals surface area contributed by atoms with Crippen molar-refractivity contribution in [3.63, 3.8) is 0 Å². The fourth-order valence-electron chi connectivity index (χ4n) is 6.11. The Balaban J connectivity index is 1.79. The summed E-state index contributed by atoms with van der Waals surface area (Å²) in [4.78, 5) is 0. The van der Waals surface area contributed by atoms with Crippen LogP contribution in [0.4, 0.5) is 0 Å². The Morgan fingerprint density at radius 2 is 2.04 bits per heavy atom. The Morgan fingerprint density at radius 1 is 1.25 bits per heavy atom. The number of hydrogen-bond acceptors (Lipinski definition) is 4. The van der Waals surface area contributed by atoms with Crippen LogP contribution in [0.1, 0.15) is 62.0 Å². The highest BCUT2D eigenvalue weighted by atomic mass is 16.5. The second-order valence-electron chi connectivity index (χ2n) is 8.47. The molecule has 6 atom stereocenters. The largest absolute Gasteiger partial charge is 0.508 e. The molecule has 2 saturated carbocycles. The van der Waals surface area contributed by atoms with Gasteiger partial charge < -0.3 is 20.7 Å². The number of aliphatic hydroxyl groups excluding tert-OH is 1. The van der Waals surface area contributed by atoms with E-state index < -0.39 is 0 Å². The van der Waals surface area contributed by atoms with Crippen LogP contribution < -0.4 is 5.73 Å². The number of rotatable bonds is 2. The van der Waals surface area contributed by atoms with Crippen molar-refractivity contribution in [2.75, 3.05) is 13.7 Å². The van der Waals surface area contributed by atoms with Gasteiger partial charge in [0.25, 0.3) is 0 Å². The lowest BCUT2D eigenvalue weighted by Crippen LogP contribution is -2.63. The van der Waals surface area contributed by atoms with Crippen molar-refractivity contribution in [2.24, 2.45) is 17.1 Å². The van der Waals surface area contributed by atoms with Crippen molar-refractivity contribution in [3.05, 3.63) is 29.3 Å². The van der Waals surface area contributed by atoms with Crippen LogP contribution in [0.2, 0.25) is 0 Å². The first-order chi connectivity index (χ1) is 11.4. The summed E-state index contributed by atoms with van der Waals surface area (Å²) in [5.41, 5.74) is 9.11. The number of benzene rings is 1. The molecule has 1 aromatic carbocycles. The third kappa shape index (κ3) is 2.03. The van der Waals surface area contributed by atoms with Crippen molar-refractivity contribution < 1.29 is 14.9 Å². The molecule has 4 N–H and O–H groups in total. The number of aromatic hydroxyl groups is 1. The lowest BCUT2D eigenvalue weighted by Gasteiger charge is -2.57. The average Bonchev–Trinajstić information content (AvgIpc) is 2.80. The number of aliphatic hydroxyl groups is 1. The standard InChI is InChI=1S/C20H29NO3/c1-19-7-5-15-14-4-3-13(22)10-16(14)12(11-24-2)9-17(15)20(19,21)8-6-18(19)23/h3-4,10,12,15,17-18,22-23H,5-9,11,21H2,1-2H3/t12-,15-,17-,18+,19-,20-/m1/s1. The van der Waals surface area contributed by atoms with E-state index in [1.165, 1.54) is 11.1 Å². The molecule has 0 spiro atoms. The topological polar surface area (TPSA) is 75.7 Å². The molecule has 3 aliphatic rings. The van der Waals surface area contributed by atoms with Crippen LogP contribution in [0.3, 0.4) is 0 Å². The minimum Gasteiger partial charge on any atom is -0.508 e. The summed E-state index contributed by atoms with van der Waals surface area (Å²) < 4.78 is 5.48. The van der Waals surface area contributed by atoms with Gasteiger partial charge in [0.2, 0.25) is 0 Å². The zero-order valence-corrected chi connectivity index (χ0v) is 14.7. The number of phenolic OH excluding ortho intramolecular Hbond substituents is 1. The first-order valence-corrected chi connectivity index (χ1v) is 9.19. The third-order valence-corrected chi connectivity index (χ3v) is 7.57. The first-order valence-electron chi connectivity index (χ1n) is 9.19.